The first-order valence-electron chi connectivity index (χ1n) is 9.29. The van der Waals surface area contributed by atoms with Crippen molar-refractivity contribution in [1.29, 1.82) is 0 Å². The maximum absolute atomic E-state index is 4.77. The van der Waals surface area contributed by atoms with Crippen LogP contribution in [0.25, 0.3) is 0 Å². The van der Waals surface area contributed by atoms with E-state index in [0.29, 0.717) is 0 Å². The average molecular weight is 345 g/mol. The fourth-order valence-electron chi connectivity index (χ4n) is 3.50. The second-order valence-corrected chi connectivity index (χ2v) is 7.43. The molecule has 0 saturated carbocycles. The molecule has 0 aliphatic carbocycles. The Morgan fingerprint density at radius 2 is 1.31 bits per heavy atom. The van der Waals surface area contributed by atoms with Crippen molar-refractivity contribution in [2.75, 3.05) is 0 Å². The fraction of sp³-hybridized carbons (Fsp3) is 0.333. The van der Waals surface area contributed by atoms with Gasteiger partial charge in [-0.2, -0.15) is 0 Å². The third kappa shape index (κ3) is 3.85. The smallest absolute Gasteiger partial charge is 0.125 e. The monoisotopic (exact) mass is 344 g/mol. The van der Waals surface area contributed by atoms with E-state index in [2.05, 4.69) is 71.0 Å². The van der Waals surface area contributed by atoms with E-state index in [-0.39, 0.29) is 0 Å². The fourth-order valence-corrected chi connectivity index (χ4v) is 3.50. The Kier molecular flexibility index (Phi) is 5.22. The van der Waals surface area contributed by atoms with E-state index in [1.54, 1.807) is 0 Å². The molecule has 0 saturated heterocycles. The molecule has 0 N–H and O–H groups in total. The molecule has 2 aromatic carbocycles. The summed E-state index contributed by atoms with van der Waals surface area (Å²) in [6, 6.07) is 13.2. The molecule has 0 amide bonds. The molecule has 0 spiro atoms. The van der Waals surface area contributed by atoms with Gasteiger partial charge in [-0.15, -0.1) is 0 Å². The lowest BCUT2D eigenvalue weighted by Crippen LogP contribution is -2.08. The second kappa shape index (κ2) is 7.41. The number of nitrogens with zero attached hydrogens (tertiary/aromatic N) is 2. The van der Waals surface area contributed by atoms with Gasteiger partial charge in [-0.1, -0.05) is 42.0 Å². The van der Waals surface area contributed by atoms with Crippen LogP contribution in [0.4, 0.5) is 0 Å². The van der Waals surface area contributed by atoms with Crippen LogP contribution in [0.2, 0.25) is 0 Å². The van der Waals surface area contributed by atoms with Crippen molar-refractivity contribution in [1.82, 2.24) is 9.97 Å². The van der Waals surface area contributed by atoms with Crippen LogP contribution in [0, 0.1) is 41.5 Å². The van der Waals surface area contributed by atoms with E-state index >= 15 is 0 Å². The number of aryl methyl sites for hydroxylation is 4. The molecule has 2 heteroatoms. The van der Waals surface area contributed by atoms with Gasteiger partial charge in [0.2, 0.25) is 0 Å². The zero-order valence-corrected chi connectivity index (χ0v) is 16.8. The SMILES string of the molecule is Cc1ccc(Cc2nc(C)nc(Cc3cccc(C)c3C)c2C)c(C)c1. The number of hydrogen-bond donors (Lipinski definition) is 0. The summed E-state index contributed by atoms with van der Waals surface area (Å²) in [6.07, 6.45) is 1.73. The Balaban J connectivity index is 1.97. The minimum atomic E-state index is 0.857. The van der Waals surface area contributed by atoms with Gasteiger partial charge in [-0.25, -0.2) is 9.97 Å². The van der Waals surface area contributed by atoms with Gasteiger partial charge in [0.05, 0.1) is 11.4 Å². The maximum atomic E-state index is 4.77. The predicted octanol–water partition coefficient (Wildman–Crippen LogP) is 5.51. The van der Waals surface area contributed by atoms with Crippen molar-refractivity contribution in [3.05, 3.63) is 92.6 Å². The van der Waals surface area contributed by atoms with Crippen LogP contribution in [-0.4, -0.2) is 9.97 Å². The summed E-state index contributed by atoms with van der Waals surface area (Å²) in [5, 5.41) is 0. The molecule has 3 aromatic rings. The van der Waals surface area contributed by atoms with Crippen molar-refractivity contribution in [2.45, 2.75) is 54.4 Å². The highest BCUT2D eigenvalue weighted by Gasteiger charge is 2.13. The first-order chi connectivity index (χ1) is 12.3. The summed E-state index contributed by atoms with van der Waals surface area (Å²) < 4.78 is 0. The summed E-state index contributed by atoms with van der Waals surface area (Å²) in [7, 11) is 0. The van der Waals surface area contributed by atoms with Gasteiger partial charge in [-0.05, 0) is 74.9 Å². The van der Waals surface area contributed by atoms with Gasteiger partial charge in [0.1, 0.15) is 5.82 Å². The zero-order chi connectivity index (χ0) is 18.8. The number of rotatable bonds is 4. The maximum Gasteiger partial charge on any atom is 0.125 e. The molecular formula is C24H28N2. The molecule has 0 unspecified atom stereocenters. The standard InChI is InChI=1S/C24H28N2/c1-15-10-11-21(17(3)12-15)13-23-19(5)24(26-20(6)25-23)14-22-9-7-8-16(2)18(22)4/h7-12H,13-14H2,1-6H3. The van der Waals surface area contributed by atoms with Crippen molar-refractivity contribution < 1.29 is 0 Å². The van der Waals surface area contributed by atoms with Crippen molar-refractivity contribution in [2.24, 2.45) is 0 Å². The van der Waals surface area contributed by atoms with E-state index in [1.807, 2.05) is 6.92 Å². The highest BCUT2D eigenvalue weighted by Crippen LogP contribution is 2.22. The molecule has 0 fully saturated rings. The Morgan fingerprint density at radius 1 is 0.654 bits per heavy atom. The first kappa shape index (κ1) is 18.3. The lowest BCUT2D eigenvalue weighted by molar-refractivity contribution is 0.885. The normalized spacial score (nSPS) is 11.0. The van der Waals surface area contributed by atoms with Gasteiger partial charge in [0.25, 0.3) is 0 Å². The van der Waals surface area contributed by atoms with E-state index in [9.17, 15) is 0 Å². The topological polar surface area (TPSA) is 25.8 Å². The van der Waals surface area contributed by atoms with Gasteiger partial charge < -0.3 is 0 Å². The summed E-state index contributed by atoms with van der Waals surface area (Å²) in [6.45, 7) is 12.9. The molecule has 26 heavy (non-hydrogen) atoms. The summed E-state index contributed by atoms with van der Waals surface area (Å²) >= 11 is 0. The van der Waals surface area contributed by atoms with E-state index < -0.39 is 0 Å². The predicted molar refractivity (Wildman–Crippen MR) is 109 cm³/mol. The molecular weight excluding hydrogens is 316 g/mol. The number of hydrogen-bond acceptors (Lipinski definition) is 2. The minimum absolute atomic E-state index is 0.857. The molecule has 0 bridgehead atoms. The molecule has 0 aliphatic rings. The third-order valence-corrected chi connectivity index (χ3v) is 5.39. The van der Waals surface area contributed by atoms with Crippen molar-refractivity contribution in [3.63, 3.8) is 0 Å². The van der Waals surface area contributed by atoms with Crippen LogP contribution in [0.5, 0.6) is 0 Å². The first-order valence-corrected chi connectivity index (χ1v) is 9.29. The summed E-state index contributed by atoms with van der Waals surface area (Å²) in [5.41, 5.74) is 11.5. The van der Waals surface area contributed by atoms with E-state index in [1.165, 1.54) is 38.9 Å². The number of benzene rings is 2. The quantitative estimate of drug-likeness (QED) is 0.624. The lowest BCUT2D eigenvalue weighted by Gasteiger charge is -2.14. The summed E-state index contributed by atoms with van der Waals surface area (Å²) in [4.78, 5) is 9.53. The van der Waals surface area contributed by atoms with Gasteiger partial charge in [-0.3, -0.25) is 0 Å². The van der Waals surface area contributed by atoms with E-state index in [4.69, 9.17) is 9.97 Å². The highest BCUT2D eigenvalue weighted by molar-refractivity contribution is 5.40. The largest absolute Gasteiger partial charge is 0.238 e. The van der Waals surface area contributed by atoms with Crippen LogP contribution < -0.4 is 0 Å². The van der Waals surface area contributed by atoms with Crippen LogP contribution in [-0.2, 0) is 12.8 Å². The molecule has 3 rings (SSSR count). The highest BCUT2D eigenvalue weighted by atomic mass is 14.9. The Labute approximate surface area is 157 Å². The molecule has 0 aliphatic heterocycles. The van der Waals surface area contributed by atoms with Crippen molar-refractivity contribution >= 4 is 0 Å². The molecule has 134 valence electrons. The third-order valence-electron chi connectivity index (χ3n) is 5.39. The minimum Gasteiger partial charge on any atom is -0.238 e. The van der Waals surface area contributed by atoms with E-state index in [0.717, 1.165) is 30.1 Å². The Hall–Kier alpha value is -2.48. The van der Waals surface area contributed by atoms with Crippen molar-refractivity contribution in [3.8, 4) is 0 Å². The lowest BCUT2D eigenvalue weighted by atomic mass is 9.95. The number of aromatic nitrogens is 2. The molecule has 1 heterocycles. The van der Waals surface area contributed by atoms with Crippen LogP contribution in [0.1, 0.15) is 56.2 Å². The van der Waals surface area contributed by atoms with Crippen LogP contribution in [0.15, 0.2) is 36.4 Å². The zero-order valence-electron chi connectivity index (χ0n) is 16.8. The summed E-state index contributed by atoms with van der Waals surface area (Å²) in [5.74, 6) is 0.857. The molecule has 0 radical (unpaired) electrons. The molecule has 2 nitrogen and oxygen atoms in total. The average Bonchev–Trinajstić information content (AvgIpc) is 2.58. The van der Waals surface area contributed by atoms with Gasteiger partial charge in [0.15, 0.2) is 0 Å². The Morgan fingerprint density at radius 3 is 1.96 bits per heavy atom. The van der Waals surface area contributed by atoms with Crippen LogP contribution in [0.3, 0.4) is 0 Å². The second-order valence-electron chi connectivity index (χ2n) is 7.43. The molecule has 0 atom stereocenters. The molecule has 1 aromatic heterocycles. The van der Waals surface area contributed by atoms with Gasteiger partial charge >= 0.3 is 0 Å². The Bertz CT molecular complexity index is 955. The van der Waals surface area contributed by atoms with Gasteiger partial charge in [0, 0.05) is 12.8 Å². The van der Waals surface area contributed by atoms with Crippen LogP contribution >= 0.6 is 0 Å².